The Morgan fingerprint density at radius 3 is 1.50 bits per heavy atom. The molecule has 3 nitrogen and oxygen atoms in total. The first-order valence-corrected chi connectivity index (χ1v) is 6.43. The molecule has 0 aliphatic rings. The van der Waals surface area contributed by atoms with Gasteiger partial charge in [0.1, 0.15) is 5.78 Å². The number of likely N-dealkylation sites (N-methyl/N-ethyl adjacent to an activating group) is 1. The SMILES string of the molecule is CC(=O)C(N(C)C)C(C)(C)C.CN=CC(C)(C)C. The molecule has 0 rings (SSSR count). The lowest BCUT2D eigenvalue weighted by atomic mass is 9.84. The highest BCUT2D eigenvalue weighted by Gasteiger charge is 2.29. The van der Waals surface area contributed by atoms with Crippen LogP contribution in [-0.4, -0.2) is 44.1 Å². The molecule has 0 aromatic carbocycles. The van der Waals surface area contributed by atoms with Gasteiger partial charge in [-0.25, -0.2) is 0 Å². The highest BCUT2D eigenvalue weighted by Crippen LogP contribution is 2.23. The van der Waals surface area contributed by atoms with Gasteiger partial charge in [-0.2, -0.15) is 0 Å². The Morgan fingerprint density at radius 1 is 1.11 bits per heavy atom. The van der Waals surface area contributed by atoms with Gasteiger partial charge in [0.05, 0.1) is 6.04 Å². The largest absolute Gasteiger partial charge is 0.300 e. The average molecular weight is 256 g/mol. The van der Waals surface area contributed by atoms with Gasteiger partial charge < -0.3 is 4.99 Å². The second-order valence-electron chi connectivity index (χ2n) is 7.10. The number of carbonyl (C=O) groups excluding carboxylic acids is 1. The molecule has 0 aliphatic carbocycles. The molecular formula is C15H32N2O. The normalized spacial score (nSPS) is 14.4. The van der Waals surface area contributed by atoms with Crippen LogP contribution in [0.4, 0.5) is 0 Å². The number of rotatable bonds is 2. The van der Waals surface area contributed by atoms with E-state index in [0.717, 1.165) is 0 Å². The van der Waals surface area contributed by atoms with Gasteiger partial charge in [0.25, 0.3) is 0 Å². The third-order valence-electron chi connectivity index (χ3n) is 2.24. The first kappa shape index (κ1) is 19.6. The summed E-state index contributed by atoms with van der Waals surface area (Å²) in [5.41, 5.74) is 0.296. The highest BCUT2D eigenvalue weighted by atomic mass is 16.1. The van der Waals surface area contributed by atoms with Gasteiger partial charge >= 0.3 is 0 Å². The predicted molar refractivity (Wildman–Crippen MR) is 81.5 cm³/mol. The lowest BCUT2D eigenvalue weighted by molar-refractivity contribution is -0.124. The van der Waals surface area contributed by atoms with Crippen LogP contribution >= 0.6 is 0 Å². The van der Waals surface area contributed by atoms with Crippen LogP contribution in [0.2, 0.25) is 0 Å². The maximum Gasteiger partial charge on any atom is 0.147 e. The lowest BCUT2D eigenvalue weighted by Crippen LogP contribution is -2.44. The summed E-state index contributed by atoms with van der Waals surface area (Å²) < 4.78 is 0. The zero-order chi connectivity index (χ0) is 15.1. The van der Waals surface area contributed by atoms with E-state index in [1.165, 1.54) is 0 Å². The van der Waals surface area contributed by atoms with E-state index in [1.807, 2.05) is 25.2 Å². The Morgan fingerprint density at radius 2 is 1.50 bits per heavy atom. The van der Waals surface area contributed by atoms with Crippen molar-refractivity contribution in [3.63, 3.8) is 0 Å². The summed E-state index contributed by atoms with van der Waals surface area (Å²) in [7, 11) is 5.68. The van der Waals surface area contributed by atoms with Crippen molar-refractivity contribution in [2.75, 3.05) is 21.1 Å². The zero-order valence-corrected chi connectivity index (χ0v) is 14.0. The third-order valence-corrected chi connectivity index (χ3v) is 2.24. The monoisotopic (exact) mass is 256 g/mol. The van der Waals surface area contributed by atoms with Crippen LogP contribution in [-0.2, 0) is 4.79 Å². The summed E-state index contributed by atoms with van der Waals surface area (Å²) in [5.74, 6) is 0.238. The molecule has 108 valence electrons. The Hall–Kier alpha value is -0.700. The quantitative estimate of drug-likeness (QED) is 0.710. The standard InChI is InChI=1S/C9H19NO.C6H13N/c1-7(11)8(10(5)6)9(2,3)4;1-6(2,3)5-7-4/h8H,1-6H3;5H,1-4H3. The summed E-state index contributed by atoms with van der Waals surface area (Å²) in [6.07, 6.45) is 1.94. The van der Waals surface area contributed by atoms with Gasteiger partial charge in [0.2, 0.25) is 0 Å². The molecule has 1 atom stereocenters. The van der Waals surface area contributed by atoms with Gasteiger partial charge in [-0.15, -0.1) is 0 Å². The molecule has 0 heterocycles. The maximum absolute atomic E-state index is 11.2. The molecule has 0 aromatic heterocycles. The number of ketones is 1. The van der Waals surface area contributed by atoms with Crippen molar-refractivity contribution >= 4 is 12.0 Å². The topological polar surface area (TPSA) is 32.7 Å². The van der Waals surface area contributed by atoms with Crippen molar-refractivity contribution < 1.29 is 4.79 Å². The molecule has 3 heteroatoms. The molecule has 18 heavy (non-hydrogen) atoms. The minimum absolute atomic E-state index is 0.0301. The molecule has 0 spiro atoms. The van der Waals surface area contributed by atoms with Crippen molar-refractivity contribution in [2.45, 2.75) is 54.5 Å². The van der Waals surface area contributed by atoms with Crippen molar-refractivity contribution in [1.82, 2.24) is 4.90 Å². The molecular weight excluding hydrogens is 224 g/mol. The van der Waals surface area contributed by atoms with Crippen LogP contribution < -0.4 is 0 Å². The Bertz CT molecular complexity index is 267. The van der Waals surface area contributed by atoms with E-state index >= 15 is 0 Å². The molecule has 0 radical (unpaired) electrons. The van der Waals surface area contributed by atoms with E-state index in [1.54, 1.807) is 14.0 Å². The van der Waals surface area contributed by atoms with Gasteiger partial charge in [-0.05, 0) is 31.8 Å². The first-order chi connectivity index (χ1) is 7.83. The number of nitrogens with zero attached hydrogens (tertiary/aromatic N) is 2. The van der Waals surface area contributed by atoms with E-state index in [-0.39, 0.29) is 22.7 Å². The number of hydrogen-bond donors (Lipinski definition) is 0. The molecule has 0 N–H and O–H groups in total. The highest BCUT2D eigenvalue weighted by molar-refractivity contribution is 5.82. The predicted octanol–water partition coefficient (Wildman–Crippen LogP) is 3.28. The lowest BCUT2D eigenvalue weighted by Gasteiger charge is -2.33. The Labute approximate surface area is 114 Å². The average Bonchev–Trinajstić information content (AvgIpc) is 1.95. The molecule has 0 amide bonds. The fourth-order valence-electron chi connectivity index (χ4n) is 2.14. The number of carbonyl (C=O) groups is 1. The number of Topliss-reactive ketones (excluding diaryl/α,β-unsaturated/α-hetero) is 1. The minimum atomic E-state index is 0.0301. The maximum atomic E-state index is 11.2. The van der Waals surface area contributed by atoms with Crippen LogP contribution in [0.1, 0.15) is 48.5 Å². The molecule has 0 saturated carbocycles. The van der Waals surface area contributed by atoms with E-state index in [4.69, 9.17) is 0 Å². The number of hydrogen-bond acceptors (Lipinski definition) is 3. The van der Waals surface area contributed by atoms with Crippen molar-refractivity contribution in [3.05, 3.63) is 0 Å². The minimum Gasteiger partial charge on any atom is -0.300 e. The second-order valence-corrected chi connectivity index (χ2v) is 7.10. The fourth-order valence-corrected chi connectivity index (χ4v) is 2.14. The molecule has 0 fully saturated rings. The third kappa shape index (κ3) is 10.5. The molecule has 0 aliphatic heterocycles. The van der Waals surface area contributed by atoms with Crippen molar-refractivity contribution in [3.8, 4) is 0 Å². The Balaban J connectivity index is 0. The van der Waals surface area contributed by atoms with E-state index in [0.29, 0.717) is 0 Å². The second kappa shape index (κ2) is 7.67. The van der Waals surface area contributed by atoms with E-state index in [2.05, 4.69) is 46.5 Å². The summed E-state index contributed by atoms with van der Waals surface area (Å²) in [5, 5.41) is 0. The zero-order valence-electron chi connectivity index (χ0n) is 14.0. The van der Waals surface area contributed by atoms with Crippen molar-refractivity contribution in [1.29, 1.82) is 0 Å². The Kier molecular flexibility index (Phi) is 8.37. The number of aliphatic imine (C=N–C) groups is 1. The van der Waals surface area contributed by atoms with Crippen LogP contribution in [0.3, 0.4) is 0 Å². The summed E-state index contributed by atoms with van der Waals surface area (Å²) in [6, 6.07) is 0.0301. The van der Waals surface area contributed by atoms with Gasteiger partial charge in [-0.1, -0.05) is 41.5 Å². The van der Waals surface area contributed by atoms with Gasteiger partial charge in [0.15, 0.2) is 0 Å². The van der Waals surface area contributed by atoms with Gasteiger partial charge in [-0.3, -0.25) is 9.69 Å². The van der Waals surface area contributed by atoms with Crippen LogP contribution in [0.5, 0.6) is 0 Å². The van der Waals surface area contributed by atoms with Crippen LogP contribution in [0.15, 0.2) is 4.99 Å². The molecule has 0 bridgehead atoms. The summed E-state index contributed by atoms with van der Waals surface area (Å²) in [6.45, 7) is 14.3. The van der Waals surface area contributed by atoms with Crippen LogP contribution in [0, 0.1) is 10.8 Å². The first-order valence-electron chi connectivity index (χ1n) is 6.43. The van der Waals surface area contributed by atoms with Crippen LogP contribution in [0.25, 0.3) is 0 Å². The van der Waals surface area contributed by atoms with Gasteiger partial charge in [0, 0.05) is 13.3 Å². The summed E-state index contributed by atoms with van der Waals surface area (Å²) >= 11 is 0. The molecule has 0 aromatic rings. The smallest absolute Gasteiger partial charge is 0.147 e. The van der Waals surface area contributed by atoms with E-state index in [9.17, 15) is 4.79 Å². The molecule has 1 unspecified atom stereocenters. The molecule has 0 saturated heterocycles. The van der Waals surface area contributed by atoms with Crippen molar-refractivity contribution in [2.24, 2.45) is 15.8 Å². The van der Waals surface area contributed by atoms with E-state index < -0.39 is 0 Å². The fraction of sp³-hybridized carbons (Fsp3) is 0.867. The summed E-state index contributed by atoms with van der Waals surface area (Å²) in [4.78, 5) is 17.0.